The number of aromatic nitrogens is 1. The molecule has 0 saturated heterocycles. The Balaban J connectivity index is 1.99. The number of hydrogen-bond donors (Lipinski definition) is 0. The molecule has 1 aromatic heterocycles. The minimum Gasteiger partial charge on any atom is -0.251 e. The van der Waals surface area contributed by atoms with E-state index in [-0.39, 0.29) is 21.7 Å². The van der Waals surface area contributed by atoms with Gasteiger partial charge in [0.15, 0.2) is 0 Å². The van der Waals surface area contributed by atoms with Crippen molar-refractivity contribution in [3.63, 3.8) is 0 Å². The largest absolute Gasteiger partial charge is 0.251 e. The van der Waals surface area contributed by atoms with Gasteiger partial charge in [0.25, 0.3) is 0 Å². The predicted molar refractivity (Wildman–Crippen MR) is 193 cm³/mol. The molecule has 0 spiro atoms. The van der Waals surface area contributed by atoms with Crippen LogP contribution in [0.4, 0.5) is 11.4 Å². The molecule has 44 heavy (non-hydrogen) atoms. The van der Waals surface area contributed by atoms with Crippen LogP contribution in [0.15, 0.2) is 76.7 Å². The highest BCUT2D eigenvalue weighted by Gasteiger charge is 2.27. The number of hydrogen-bond acceptors (Lipinski definition) is 3. The molecule has 0 aliphatic carbocycles. The van der Waals surface area contributed by atoms with Crippen LogP contribution >= 0.6 is 0 Å². The van der Waals surface area contributed by atoms with Gasteiger partial charge in [-0.25, -0.2) is 4.98 Å². The molecule has 0 radical (unpaired) electrons. The molecule has 3 nitrogen and oxygen atoms in total. The number of para-hydroxylation sites is 2. The van der Waals surface area contributed by atoms with Crippen molar-refractivity contribution >= 4 is 33.6 Å². The molecule has 0 saturated carbocycles. The topological polar surface area (TPSA) is 37.6 Å². The zero-order valence-corrected chi connectivity index (χ0v) is 29.7. The summed E-state index contributed by atoms with van der Waals surface area (Å²) in [4.78, 5) is 16.1. The molecule has 0 amide bonds. The first-order chi connectivity index (χ1) is 20.2. The Morgan fingerprint density at radius 1 is 0.500 bits per heavy atom. The maximum absolute atomic E-state index is 5.40. The summed E-state index contributed by atoms with van der Waals surface area (Å²) in [6.07, 6.45) is 0. The van der Waals surface area contributed by atoms with Gasteiger partial charge in [0, 0.05) is 5.39 Å². The van der Waals surface area contributed by atoms with Gasteiger partial charge in [-0.2, -0.15) is 0 Å². The Morgan fingerprint density at radius 3 is 1.30 bits per heavy atom. The molecule has 4 aromatic rings. The smallest absolute Gasteiger partial charge is 0.0928 e. The fourth-order valence-electron chi connectivity index (χ4n) is 5.85. The normalized spacial score (nSPS) is 14.0. The van der Waals surface area contributed by atoms with Crippen LogP contribution in [-0.4, -0.2) is 16.4 Å². The number of aliphatic imine (C=N–C) groups is 2. The van der Waals surface area contributed by atoms with Gasteiger partial charge >= 0.3 is 0 Å². The van der Waals surface area contributed by atoms with E-state index in [9.17, 15) is 0 Å². The maximum Gasteiger partial charge on any atom is 0.0928 e. The number of fused-ring (bicyclic) bond motifs is 1. The van der Waals surface area contributed by atoms with Gasteiger partial charge in [-0.05, 0) is 69.2 Å². The molecular weight excluding hydrogens is 534 g/mol. The van der Waals surface area contributed by atoms with Crippen LogP contribution in [0.1, 0.15) is 131 Å². The van der Waals surface area contributed by atoms with Crippen molar-refractivity contribution in [2.24, 2.45) is 9.98 Å². The molecule has 3 aromatic carbocycles. The zero-order valence-electron chi connectivity index (χ0n) is 29.7. The van der Waals surface area contributed by atoms with Crippen molar-refractivity contribution in [2.75, 3.05) is 0 Å². The van der Waals surface area contributed by atoms with E-state index in [1.54, 1.807) is 0 Å². The summed E-state index contributed by atoms with van der Waals surface area (Å²) in [5, 5.41) is 2.23. The van der Waals surface area contributed by atoms with Crippen molar-refractivity contribution in [2.45, 2.75) is 119 Å². The van der Waals surface area contributed by atoms with Crippen LogP contribution in [0.3, 0.4) is 0 Å². The molecule has 0 bridgehead atoms. The van der Waals surface area contributed by atoms with Gasteiger partial charge < -0.3 is 0 Å². The predicted octanol–water partition coefficient (Wildman–Crippen LogP) is 11.7. The second-order valence-corrected chi connectivity index (χ2v) is 16.4. The fraction of sp³-hybridized carbons (Fsp3) is 0.439. The van der Waals surface area contributed by atoms with Crippen molar-refractivity contribution in [1.29, 1.82) is 0 Å². The number of nitrogens with zero attached hydrogens (tertiary/aromatic N) is 3. The maximum atomic E-state index is 5.40. The van der Waals surface area contributed by atoms with E-state index < -0.39 is 0 Å². The molecule has 0 N–H and O–H groups in total. The van der Waals surface area contributed by atoms with Gasteiger partial charge in [-0.15, -0.1) is 0 Å². The highest BCUT2D eigenvalue weighted by atomic mass is 14.9. The van der Waals surface area contributed by atoms with E-state index in [2.05, 4.69) is 164 Å². The minimum absolute atomic E-state index is 0.0448. The van der Waals surface area contributed by atoms with Crippen molar-refractivity contribution in [1.82, 2.24) is 4.98 Å². The molecule has 0 atom stereocenters. The summed E-state index contributed by atoms with van der Waals surface area (Å²) < 4.78 is 0. The Hall–Kier alpha value is -3.59. The summed E-state index contributed by atoms with van der Waals surface area (Å²) in [7, 11) is 0. The number of benzene rings is 3. The van der Waals surface area contributed by atoms with Crippen LogP contribution in [0, 0.1) is 0 Å². The van der Waals surface area contributed by atoms with Crippen LogP contribution in [0.2, 0.25) is 0 Å². The van der Waals surface area contributed by atoms with Crippen LogP contribution in [-0.2, 0) is 21.7 Å². The summed E-state index contributed by atoms with van der Waals surface area (Å²) in [5.41, 5.74) is 10.5. The highest BCUT2D eigenvalue weighted by molar-refractivity contribution is 6.11. The van der Waals surface area contributed by atoms with Gasteiger partial charge in [-0.3, -0.25) is 9.98 Å². The molecule has 232 valence electrons. The lowest BCUT2D eigenvalue weighted by atomic mass is 9.79. The van der Waals surface area contributed by atoms with Crippen molar-refractivity contribution in [3.05, 3.63) is 100 Å². The highest BCUT2D eigenvalue weighted by Crippen LogP contribution is 2.41. The molecule has 0 aliphatic heterocycles. The molecule has 0 aliphatic rings. The van der Waals surface area contributed by atoms with Gasteiger partial charge in [0.1, 0.15) is 0 Å². The van der Waals surface area contributed by atoms with Crippen LogP contribution in [0.25, 0.3) is 10.8 Å². The Kier molecular flexibility index (Phi) is 8.88. The van der Waals surface area contributed by atoms with E-state index in [0.717, 1.165) is 45.0 Å². The first-order valence-electron chi connectivity index (χ1n) is 16.0. The summed E-state index contributed by atoms with van der Waals surface area (Å²) in [5.74, 6) is 0. The lowest BCUT2D eigenvalue weighted by molar-refractivity contribution is 0.570. The summed E-state index contributed by atoms with van der Waals surface area (Å²) in [6.45, 7) is 31.3. The standard InChI is InChI=1S/C41H53N3/c1-26(42-36-30(38(3,4)5)21-17-22-31(36)39(6,7)8)34-25-28-19-15-16-20-29(28)35(44-34)27(2)43-37-32(40(9,10)11)23-18-24-33(37)41(12,13)14/h15-25H,1-14H3. The fourth-order valence-corrected chi connectivity index (χ4v) is 5.85. The third-order valence-electron chi connectivity index (χ3n) is 8.32. The second-order valence-electron chi connectivity index (χ2n) is 16.4. The summed E-state index contributed by atoms with van der Waals surface area (Å²) >= 11 is 0. The van der Waals surface area contributed by atoms with E-state index in [1.165, 1.54) is 22.3 Å². The Labute approximate surface area is 267 Å². The zero-order chi connectivity index (χ0) is 32.8. The van der Waals surface area contributed by atoms with E-state index >= 15 is 0 Å². The Bertz CT molecular complexity index is 1680. The van der Waals surface area contributed by atoms with Gasteiger partial charge in [0.05, 0.1) is 34.2 Å². The van der Waals surface area contributed by atoms with Gasteiger partial charge in [-0.1, -0.05) is 144 Å². The monoisotopic (exact) mass is 587 g/mol. The van der Waals surface area contributed by atoms with Crippen LogP contribution < -0.4 is 0 Å². The molecular formula is C41H53N3. The molecule has 4 rings (SSSR count). The lowest BCUT2D eigenvalue weighted by Gasteiger charge is -2.28. The first kappa shape index (κ1) is 33.3. The van der Waals surface area contributed by atoms with E-state index in [0.29, 0.717) is 0 Å². The molecule has 1 heterocycles. The lowest BCUT2D eigenvalue weighted by Crippen LogP contribution is -2.18. The average molecular weight is 588 g/mol. The minimum atomic E-state index is -0.0494. The quantitative estimate of drug-likeness (QED) is 0.219. The molecule has 0 unspecified atom stereocenters. The molecule has 3 heteroatoms. The third-order valence-corrected chi connectivity index (χ3v) is 8.32. The second kappa shape index (κ2) is 11.7. The molecule has 0 fully saturated rings. The number of pyridine rings is 1. The third kappa shape index (κ3) is 7.04. The first-order valence-corrected chi connectivity index (χ1v) is 16.0. The number of rotatable bonds is 4. The average Bonchev–Trinajstić information content (AvgIpc) is 2.90. The van der Waals surface area contributed by atoms with E-state index in [4.69, 9.17) is 15.0 Å². The van der Waals surface area contributed by atoms with Crippen molar-refractivity contribution < 1.29 is 0 Å². The Morgan fingerprint density at radius 2 is 0.886 bits per heavy atom. The SMILES string of the molecule is CC(=Nc1c(C(C)(C)C)cccc1C(C)(C)C)c1cc2ccccc2c(C(C)=Nc2c(C(C)(C)C)cccc2C(C)(C)C)n1. The summed E-state index contributed by atoms with van der Waals surface area (Å²) in [6, 6.07) is 23.9. The van der Waals surface area contributed by atoms with Gasteiger partial charge in [0.2, 0.25) is 0 Å². The van der Waals surface area contributed by atoms with Crippen LogP contribution in [0.5, 0.6) is 0 Å². The van der Waals surface area contributed by atoms with E-state index in [1.807, 2.05) is 0 Å². The van der Waals surface area contributed by atoms with Crippen molar-refractivity contribution in [3.8, 4) is 0 Å².